The van der Waals surface area contributed by atoms with Crippen molar-refractivity contribution in [3.8, 4) is 0 Å². The van der Waals surface area contributed by atoms with Gasteiger partial charge in [-0.25, -0.2) is 8.42 Å². The minimum Gasteiger partial charge on any atom is -0.377 e. The van der Waals surface area contributed by atoms with Crippen molar-refractivity contribution in [1.29, 1.82) is 0 Å². The molecule has 1 saturated heterocycles. The number of hydrogen-bond donors (Lipinski definition) is 1. The Labute approximate surface area is 126 Å². The number of benzene rings is 1. The Bertz CT molecular complexity index is 614. The van der Waals surface area contributed by atoms with E-state index in [0.717, 1.165) is 12.0 Å². The van der Waals surface area contributed by atoms with E-state index in [-0.39, 0.29) is 22.6 Å². The van der Waals surface area contributed by atoms with E-state index in [1.54, 1.807) is 0 Å². The summed E-state index contributed by atoms with van der Waals surface area (Å²) < 4.78 is 31.6. The monoisotopic (exact) mass is 309 g/mol. The molecule has 1 N–H and O–H groups in total. The zero-order valence-electron chi connectivity index (χ0n) is 12.6. The van der Waals surface area contributed by atoms with Crippen LogP contribution in [-0.2, 0) is 21.0 Å². The summed E-state index contributed by atoms with van der Waals surface area (Å²) in [4.78, 5) is 0. The predicted octanol–water partition coefficient (Wildman–Crippen LogP) is 1.85. The quantitative estimate of drug-likeness (QED) is 0.926. The van der Waals surface area contributed by atoms with E-state index in [4.69, 9.17) is 4.74 Å². The maximum Gasteiger partial charge on any atom is 0.160 e. The van der Waals surface area contributed by atoms with E-state index in [0.29, 0.717) is 19.4 Å². The molecule has 4 atom stereocenters. The van der Waals surface area contributed by atoms with Crippen LogP contribution in [0.3, 0.4) is 0 Å². The molecule has 0 amide bonds. The first-order valence-electron chi connectivity index (χ1n) is 7.65. The molecule has 1 aliphatic carbocycles. The van der Waals surface area contributed by atoms with Crippen LogP contribution in [0.4, 0.5) is 0 Å². The van der Waals surface area contributed by atoms with Crippen LogP contribution in [-0.4, -0.2) is 38.7 Å². The van der Waals surface area contributed by atoms with Gasteiger partial charge in [0.1, 0.15) is 0 Å². The van der Waals surface area contributed by atoms with E-state index < -0.39 is 9.84 Å². The van der Waals surface area contributed by atoms with Gasteiger partial charge < -0.3 is 10.1 Å². The third-order valence-electron chi connectivity index (χ3n) is 4.92. The van der Waals surface area contributed by atoms with Gasteiger partial charge in [-0.1, -0.05) is 24.3 Å². The van der Waals surface area contributed by atoms with Crippen molar-refractivity contribution in [2.75, 3.05) is 13.7 Å². The minimum atomic E-state index is -3.20. The van der Waals surface area contributed by atoms with Crippen molar-refractivity contribution in [3.63, 3.8) is 0 Å². The summed E-state index contributed by atoms with van der Waals surface area (Å²) in [5.41, 5.74) is 2.39. The molecule has 3 rings (SSSR count). The van der Waals surface area contributed by atoms with Crippen molar-refractivity contribution in [2.24, 2.45) is 0 Å². The van der Waals surface area contributed by atoms with Crippen molar-refractivity contribution < 1.29 is 13.2 Å². The molecule has 1 aliphatic heterocycles. The van der Waals surface area contributed by atoms with Gasteiger partial charge in [-0.2, -0.15) is 0 Å². The molecule has 0 bridgehead atoms. The molecule has 1 heterocycles. The zero-order valence-corrected chi connectivity index (χ0v) is 13.4. The molecule has 4 unspecified atom stereocenters. The van der Waals surface area contributed by atoms with Gasteiger partial charge in [-0.05, 0) is 44.4 Å². The van der Waals surface area contributed by atoms with Crippen LogP contribution in [0.25, 0.3) is 0 Å². The molecular weight excluding hydrogens is 286 g/mol. The van der Waals surface area contributed by atoms with Crippen LogP contribution in [0.15, 0.2) is 24.3 Å². The summed E-state index contributed by atoms with van der Waals surface area (Å²) in [6.07, 6.45) is 1.96. The first-order chi connectivity index (χ1) is 10.1. The molecule has 5 heteroatoms. The van der Waals surface area contributed by atoms with Gasteiger partial charge >= 0.3 is 0 Å². The Morgan fingerprint density at radius 3 is 2.62 bits per heavy atom. The molecule has 4 nitrogen and oxygen atoms in total. The Hall–Kier alpha value is -0.910. The second-order valence-electron chi connectivity index (χ2n) is 6.03. The topological polar surface area (TPSA) is 55.4 Å². The summed E-state index contributed by atoms with van der Waals surface area (Å²) in [6, 6.07) is 8.04. The fourth-order valence-electron chi connectivity index (χ4n) is 3.79. The lowest BCUT2D eigenvalue weighted by Gasteiger charge is -2.35. The van der Waals surface area contributed by atoms with Gasteiger partial charge in [0.2, 0.25) is 0 Å². The van der Waals surface area contributed by atoms with Crippen LogP contribution < -0.4 is 5.32 Å². The predicted molar refractivity (Wildman–Crippen MR) is 83.1 cm³/mol. The number of sulfone groups is 1. The second-order valence-corrected chi connectivity index (χ2v) is 8.42. The average molecular weight is 309 g/mol. The molecule has 0 aromatic heterocycles. The largest absolute Gasteiger partial charge is 0.377 e. The van der Waals surface area contributed by atoms with Gasteiger partial charge in [0.15, 0.2) is 9.84 Å². The molecule has 116 valence electrons. The van der Waals surface area contributed by atoms with E-state index in [1.165, 1.54) is 5.56 Å². The number of aryl methyl sites for hydroxylation is 1. The van der Waals surface area contributed by atoms with E-state index in [1.807, 2.05) is 32.2 Å². The summed E-state index contributed by atoms with van der Waals surface area (Å²) in [5.74, 6) is 0. The molecule has 0 radical (unpaired) electrons. The SMILES string of the molecule is CNC1c2ccccc2CCC1S(=O)(=O)C1CCOC1C. The Morgan fingerprint density at radius 1 is 1.19 bits per heavy atom. The molecule has 2 aliphatic rings. The Kier molecular flexibility index (Phi) is 4.08. The van der Waals surface area contributed by atoms with Gasteiger partial charge in [0.25, 0.3) is 0 Å². The highest BCUT2D eigenvalue weighted by Gasteiger charge is 2.45. The smallest absolute Gasteiger partial charge is 0.160 e. The van der Waals surface area contributed by atoms with E-state index in [2.05, 4.69) is 11.4 Å². The van der Waals surface area contributed by atoms with Crippen molar-refractivity contribution in [2.45, 2.75) is 48.8 Å². The summed E-state index contributed by atoms with van der Waals surface area (Å²) in [6.45, 7) is 2.43. The zero-order chi connectivity index (χ0) is 15.0. The van der Waals surface area contributed by atoms with Crippen LogP contribution in [0, 0.1) is 0 Å². The first-order valence-corrected chi connectivity index (χ1v) is 9.26. The first kappa shape index (κ1) is 15.0. The lowest BCUT2D eigenvalue weighted by Crippen LogP contribution is -2.45. The second kappa shape index (κ2) is 5.71. The van der Waals surface area contributed by atoms with Crippen molar-refractivity contribution >= 4 is 9.84 Å². The number of hydrogen-bond acceptors (Lipinski definition) is 4. The van der Waals surface area contributed by atoms with Gasteiger partial charge in [-0.3, -0.25) is 0 Å². The van der Waals surface area contributed by atoms with Crippen LogP contribution >= 0.6 is 0 Å². The van der Waals surface area contributed by atoms with Crippen LogP contribution in [0.2, 0.25) is 0 Å². The van der Waals surface area contributed by atoms with Gasteiger partial charge in [-0.15, -0.1) is 0 Å². The van der Waals surface area contributed by atoms with Crippen LogP contribution in [0.1, 0.15) is 36.9 Å². The fraction of sp³-hybridized carbons (Fsp3) is 0.625. The highest BCUT2D eigenvalue weighted by atomic mass is 32.2. The molecule has 1 aromatic rings. The molecule has 1 fully saturated rings. The van der Waals surface area contributed by atoms with Gasteiger partial charge in [0, 0.05) is 12.6 Å². The average Bonchev–Trinajstić information content (AvgIpc) is 2.92. The van der Waals surface area contributed by atoms with Crippen LogP contribution in [0.5, 0.6) is 0 Å². The molecule has 0 spiro atoms. The van der Waals surface area contributed by atoms with Crippen molar-refractivity contribution in [3.05, 3.63) is 35.4 Å². The molecule has 21 heavy (non-hydrogen) atoms. The van der Waals surface area contributed by atoms with Crippen molar-refractivity contribution in [1.82, 2.24) is 5.32 Å². The van der Waals surface area contributed by atoms with Gasteiger partial charge in [0.05, 0.1) is 16.6 Å². The Balaban J connectivity index is 1.96. The third-order valence-corrected chi connectivity index (χ3v) is 7.74. The highest BCUT2D eigenvalue weighted by molar-refractivity contribution is 7.92. The summed E-state index contributed by atoms with van der Waals surface area (Å²) in [5, 5.41) is 2.52. The maximum atomic E-state index is 13.1. The summed E-state index contributed by atoms with van der Waals surface area (Å²) in [7, 11) is -1.35. The molecule has 0 saturated carbocycles. The number of fused-ring (bicyclic) bond motifs is 1. The third kappa shape index (κ3) is 2.51. The number of ether oxygens (including phenoxy) is 1. The lowest BCUT2D eigenvalue weighted by atomic mass is 9.87. The Morgan fingerprint density at radius 2 is 1.95 bits per heavy atom. The maximum absolute atomic E-state index is 13.1. The minimum absolute atomic E-state index is 0.118. The standard InChI is InChI=1S/C16H23NO3S/c1-11-14(9-10-20-11)21(18,19)15-8-7-12-5-3-4-6-13(12)16(15)17-2/h3-6,11,14-17H,7-10H2,1-2H3. The number of nitrogens with one attached hydrogen (secondary N) is 1. The molecular formula is C16H23NO3S. The van der Waals surface area contributed by atoms with E-state index >= 15 is 0 Å². The van der Waals surface area contributed by atoms with E-state index in [9.17, 15) is 8.42 Å². The highest BCUT2D eigenvalue weighted by Crippen LogP contribution is 2.37. The number of rotatable bonds is 3. The normalized spacial score (nSPS) is 32.9. The summed E-state index contributed by atoms with van der Waals surface area (Å²) >= 11 is 0. The fourth-order valence-corrected chi connectivity index (χ4v) is 6.39. The lowest BCUT2D eigenvalue weighted by molar-refractivity contribution is 0.126. The molecule has 1 aromatic carbocycles.